The fourth-order valence-electron chi connectivity index (χ4n) is 0.977. The Hall–Kier alpha value is 0.236. The van der Waals surface area contributed by atoms with E-state index in [1.165, 1.54) is 12.1 Å². The summed E-state index contributed by atoms with van der Waals surface area (Å²) in [6, 6.07) is 4.84. The second-order valence-corrected chi connectivity index (χ2v) is 4.14. The average molecular weight is 270 g/mol. The SMILES string of the molecule is CCOC(=O)c1ccc(S(=O)(=O)O)cc1.[H-].[K+]. The number of ether oxygens (including phenoxy) is 1. The molecule has 0 amide bonds. The van der Waals surface area contributed by atoms with Crippen LogP contribution in [0.15, 0.2) is 29.2 Å². The maximum atomic E-state index is 11.2. The van der Waals surface area contributed by atoms with Crippen LogP contribution in [0, 0.1) is 0 Å². The molecule has 16 heavy (non-hydrogen) atoms. The quantitative estimate of drug-likeness (QED) is 0.399. The summed E-state index contributed by atoms with van der Waals surface area (Å²) in [7, 11) is -4.21. The van der Waals surface area contributed by atoms with E-state index in [0.717, 1.165) is 12.1 Å². The second kappa shape index (κ2) is 6.85. The topological polar surface area (TPSA) is 80.7 Å². The summed E-state index contributed by atoms with van der Waals surface area (Å²) in [6.07, 6.45) is 0. The van der Waals surface area contributed by atoms with Crippen LogP contribution >= 0.6 is 0 Å². The van der Waals surface area contributed by atoms with Gasteiger partial charge < -0.3 is 6.16 Å². The first-order valence-electron chi connectivity index (χ1n) is 4.20. The summed E-state index contributed by atoms with van der Waals surface area (Å²) >= 11 is 0. The van der Waals surface area contributed by atoms with Crippen molar-refractivity contribution in [3.8, 4) is 0 Å². The summed E-state index contributed by atoms with van der Waals surface area (Å²) in [5.74, 6) is -0.528. The molecule has 1 aromatic carbocycles. The molecule has 1 rings (SSSR count). The Morgan fingerprint density at radius 3 is 2.25 bits per heavy atom. The Kier molecular flexibility index (Phi) is 6.95. The van der Waals surface area contributed by atoms with Gasteiger partial charge in [-0.05, 0) is 31.2 Å². The van der Waals surface area contributed by atoms with Gasteiger partial charge >= 0.3 is 57.4 Å². The Labute approximate surface area is 138 Å². The molecule has 0 aliphatic heterocycles. The molecule has 1 N–H and O–H groups in total. The molecule has 0 spiro atoms. The largest absolute Gasteiger partial charge is 1.00 e. The molecule has 5 nitrogen and oxygen atoms in total. The van der Waals surface area contributed by atoms with Crippen LogP contribution in [-0.4, -0.2) is 25.5 Å². The van der Waals surface area contributed by atoms with Crippen LogP contribution in [0.2, 0.25) is 0 Å². The summed E-state index contributed by atoms with van der Waals surface area (Å²) in [6.45, 7) is 1.92. The minimum absolute atomic E-state index is 0. The first-order valence-corrected chi connectivity index (χ1v) is 5.64. The smallest absolute Gasteiger partial charge is 1.00 e. The van der Waals surface area contributed by atoms with Crippen molar-refractivity contribution >= 4 is 16.1 Å². The Morgan fingerprint density at radius 2 is 1.88 bits per heavy atom. The van der Waals surface area contributed by atoms with Gasteiger partial charge in [-0.1, -0.05) is 0 Å². The third-order valence-corrected chi connectivity index (χ3v) is 2.53. The normalized spacial score (nSPS) is 10.4. The Balaban J connectivity index is 0. The van der Waals surface area contributed by atoms with Gasteiger partial charge in [0.25, 0.3) is 10.1 Å². The Bertz CT molecular complexity index is 457. The maximum Gasteiger partial charge on any atom is 1.00 e. The van der Waals surface area contributed by atoms with Crippen molar-refractivity contribution in [3.05, 3.63) is 29.8 Å². The van der Waals surface area contributed by atoms with Crippen LogP contribution in [0.3, 0.4) is 0 Å². The van der Waals surface area contributed by atoms with E-state index in [-0.39, 0.29) is 69.9 Å². The Morgan fingerprint density at radius 1 is 1.38 bits per heavy atom. The predicted octanol–water partition coefficient (Wildman–Crippen LogP) is -1.77. The van der Waals surface area contributed by atoms with Gasteiger partial charge in [-0.2, -0.15) is 8.42 Å². The van der Waals surface area contributed by atoms with E-state index < -0.39 is 16.1 Å². The van der Waals surface area contributed by atoms with Crippen molar-refractivity contribution in [1.29, 1.82) is 0 Å². The number of hydrogen-bond donors (Lipinski definition) is 1. The fourth-order valence-corrected chi connectivity index (χ4v) is 1.46. The molecular weight excluding hydrogens is 259 g/mol. The van der Waals surface area contributed by atoms with Gasteiger partial charge in [0.15, 0.2) is 0 Å². The first-order chi connectivity index (χ1) is 6.95. The summed E-state index contributed by atoms with van der Waals surface area (Å²) < 4.78 is 34.7. The molecule has 1 aromatic rings. The number of esters is 1. The maximum absolute atomic E-state index is 11.2. The number of carbonyl (C=O) groups is 1. The summed E-state index contributed by atoms with van der Waals surface area (Å²) in [4.78, 5) is 10.9. The molecule has 0 bridgehead atoms. The van der Waals surface area contributed by atoms with E-state index in [4.69, 9.17) is 9.29 Å². The molecule has 0 heterocycles. The van der Waals surface area contributed by atoms with E-state index in [1.54, 1.807) is 6.92 Å². The van der Waals surface area contributed by atoms with Crippen molar-refractivity contribution in [1.82, 2.24) is 0 Å². The zero-order valence-corrected chi connectivity index (χ0v) is 12.9. The summed E-state index contributed by atoms with van der Waals surface area (Å²) in [5.41, 5.74) is 0.240. The van der Waals surface area contributed by atoms with Crippen molar-refractivity contribution in [2.45, 2.75) is 11.8 Å². The van der Waals surface area contributed by atoms with Crippen LogP contribution in [0.4, 0.5) is 0 Å². The number of hydrogen-bond acceptors (Lipinski definition) is 4. The summed E-state index contributed by atoms with van der Waals surface area (Å²) in [5, 5.41) is 0. The third kappa shape index (κ3) is 4.62. The van der Waals surface area contributed by atoms with Crippen molar-refractivity contribution in [2.75, 3.05) is 6.61 Å². The molecule has 0 aliphatic carbocycles. The van der Waals surface area contributed by atoms with E-state index in [0.29, 0.717) is 0 Å². The molecule has 0 saturated carbocycles. The molecular formula is C9H11KO5S. The molecule has 84 valence electrons. The van der Waals surface area contributed by atoms with Gasteiger partial charge in [0.05, 0.1) is 17.1 Å². The molecule has 7 heteroatoms. The monoisotopic (exact) mass is 270 g/mol. The van der Waals surface area contributed by atoms with Gasteiger partial charge in [0, 0.05) is 0 Å². The molecule has 0 radical (unpaired) electrons. The van der Waals surface area contributed by atoms with Crippen molar-refractivity contribution < 1.29 is 75.3 Å². The zero-order chi connectivity index (χ0) is 11.5. The van der Waals surface area contributed by atoms with Gasteiger partial charge in [0.1, 0.15) is 0 Å². The fraction of sp³-hybridized carbons (Fsp3) is 0.222. The van der Waals surface area contributed by atoms with Crippen LogP contribution in [0.1, 0.15) is 18.7 Å². The van der Waals surface area contributed by atoms with E-state index in [2.05, 4.69) is 0 Å². The van der Waals surface area contributed by atoms with E-state index >= 15 is 0 Å². The number of benzene rings is 1. The molecule has 0 aliphatic rings. The van der Waals surface area contributed by atoms with Crippen LogP contribution in [0.25, 0.3) is 0 Å². The van der Waals surface area contributed by atoms with Crippen LogP contribution in [0.5, 0.6) is 0 Å². The van der Waals surface area contributed by atoms with Gasteiger partial charge in [0.2, 0.25) is 0 Å². The van der Waals surface area contributed by atoms with Gasteiger partial charge in [-0.3, -0.25) is 4.55 Å². The average Bonchev–Trinajstić information content (AvgIpc) is 2.17. The van der Waals surface area contributed by atoms with E-state index in [1.807, 2.05) is 0 Å². The van der Waals surface area contributed by atoms with Crippen molar-refractivity contribution in [2.24, 2.45) is 0 Å². The molecule has 0 fully saturated rings. The van der Waals surface area contributed by atoms with E-state index in [9.17, 15) is 13.2 Å². The van der Waals surface area contributed by atoms with Crippen molar-refractivity contribution in [3.63, 3.8) is 0 Å². The molecule has 0 aromatic heterocycles. The van der Waals surface area contributed by atoms with Gasteiger partial charge in [-0.15, -0.1) is 0 Å². The minimum Gasteiger partial charge on any atom is -1.00 e. The zero-order valence-electron chi connectivity index (χ0n) is 10.0. The minimum atomic E-state index is -4.21. The first kappa shape index (κ1) is 16.2. The van der Waals surface area contributed by atoms with Crippen LogP contribution < -0.4 is 51.4 Å². The molecule has 0 saturated heterocycles. The number of rotatable bonds is 3. The number of carbonyl (C=O) groups excluding carboxylic acids is 1. The second-order valence-electron chi connectivity index (χ2n) is 2.72. The van der Waals surface area contributed by atoms with Gasteiger partial charge in [-0.25, -0.2) is 4.79 Å². The van der Waals surface area contributed by atoms with Crippen LogP contribution in [-0.2, 0) is 14.9 Å². The molecule has 0 atom stereocenters. The standard InChI is InChI=1S/C9H10O5S.K.H/c1-2-14-9(10)7-3-5-8(6-4-7)15(11,12)13;;/h3-6H,2H2,1H3,(H,11,12,13);;/q;+1;-1. The predicted molar refractivity (Wildman–Crippen MR) is 53.3 cm³/mol. The molecule has 0 unspecified atom stereocenters. The third-order valence-electron chi connectivity index (χ3n) is 1.66.